The second-order valence-corrected chi connectivity index (χ2v) is 5.19. The highest BCUT2D eigenvalue weighted by Crippen LogP contribution is 2.32. The molecular weight excluding hydrogens is 329 g/mol. The van der Waals surface area contributed by atoms with Gasteiger partial charge in [0.25, 0.3) is 0 Å². The number of halogens is 3. The molecule has 0 bridgehead atoms. The van der Waals surface area contributed by atoms with E-state index in [-0.39, 0.29) is 30.6 Å². The first kappa shape index (κ1) is 16.4. The van der Waals surface area contributed by atoms with Crippen LogP contribution in [0.1, 0.15) is 30.5 Å². The molecule has 8 nitrogen and oxygen atoms in total. The predicted octanol–water partition coefficient (Wildman–Crippen LogP) is 1.95. The fraction of sp³-hybridized carbons (Fsp3) is 0.538. The third-order valence-corrected chi connectivity index (χ3v) is 3.54. The number of rotatable bonds is 5. The Morgan fingerprint density at radius 3 is 2.88 bits per heavy atom. The van der Waals surface area contributed by atoms with E-state index < -0.39 is 11.9 Å². The Bertz CT molecular complexity index is 679. The van der Waals surface area contributed by atoms with Gasteiger partial charge >= 0.3 is 6.18 Å². The van der Waals surface area contributed by atoms with Gasteiger partial charge in [-0.2, -0.15) is 23.3 Å². The summed E-state index contributed by atoms with van der Waals surface area (Å²) in [6, 6.07) is 0.747. The first-order chi connectivity index (χ1) is 11.5. The maximum atomic E-state index is 12.8. The Kier molecular flexibility index (Phi) is 4.51. The number of aromatic amines is 1. The molecule has 2 N–H and O–H groups in total. The molecular formula is C13H15F3N6O2. The van der Waals surface area contributed by atoms with Crippen LogP contribution in [0, 0.1) is 0 Å². The molecule has 0 saturated carbocycles. The molecule has 1 aliphatic heterocycles. The Labute approximate surface area is 134 Å². The molecule has 0 aliphatic carbocycles. The van der Waals surface area contributed by atoms with Gasteiger partial charge in [-0.05, 0) is 12.8 Å². The highest BCUT2D eigenvalue weighted by atomic mass is 19.4. The zero-order valence-corrected chi connectivity index (χ0v) is 12.7. The van der Waals surface area contributed by atoms with Gasteiger partial charge in [-0.15, -0.1) is 0 Å². The van der Waals surface area contributed by atoms with E-state index in [1.165, 1.54) is 13.4 Å². The molecule has 1 aliphatic rings. The molecule has 2 atom stereocenters. The second-order valence-electron chi connectivity index (χ2n) is 5.19. The van der Waals surface area contributed by atoms with Crippen LogP contribution in [-0.2, 0) is 10.9 Å². The van der Waals surface area contributed by atoms with Crippen molar-refractivity contribution in [2.24, 2.45) is 0 Å². The maximum Gasteiger partial charge on any atom is 0.433 e. The van der Waals surface area contributed by atoms with Gasteiger partial charge in [0.15, 0.2) is 11.5 Å². The number of anilines is 1. The Balaban J connectivity index is 1.62. The molecule has 24 heavy (non-hydrogen) atoms. The molecule has 2 aromatic rings. The molecule has 0 amide bonds. The Hall–Kier alpha value is -2.43. The number of nitrogens with zero attached hydrogens (tertiary/aromatic N) is 4. The number of ether oxygens (including phenoxy) is 2. The van der Waals surface area contributed by atoms with Crippen LogP contribution in [0.3, 0.4) is 0 Å². The van der Waals surface area contributed by atoms with Gasteiger partial charge in [0.2, 0.25) is 11.8 Å². The summed E-state index contributed by atoms with van der Waals surface area (Å²) in [6.45, 7) is 0.273. The average Bonchev–Trinajstić information content (AvgIpc) is 3.22. The lowest BCUT2D eigenvalue weighted by molar-refractivity contribution is -0.141. The summed E-state index contributed by atoms with van der Waals surface area (Å²) in [4.78, 5) is 11.4. The SMILES string of the molecule is COc1cc(C(F)(F)F)nc(NC[C@@H]2CC[C@H](c3ncn[nH]3)O2)n1. The average molecular weight is 344 g/mol. The molecule has 0 spiro atoms. The van der Waals surface area contributed by atoms with Crippen molar-refractivity contribution < 1.29 is 22.6 Å². The lowest BCUT2D eigenvalue weighted by atomic mass is 10.2. The topological polar surface area (TPSA) is 97.8 Å². The zero-order chi connectivity index (χ0) is 17.2. The lowest BCUT2D eigenvalue weighted by Crippen LogP contribution is -2.21. The highest BCUT2D eigenvalue weighted by molar-refractivity contribution is 5.32. The van der Waals surface area contributed by atoms with Crippen LogP contribution in [0.5, 0.6) is 5.88 Å². The van der Waals surface area contributed by atoms with Crippen LogP contribution in [0.4, 0.5) is 19.1 Å². The van der Waals surface area contributed by atoms with E-state index in [2.05, 4.69) is 30.5 Å². The zero-order valence-electron chi connectivity index (χ0n) is 12.7. The normalized spacial score (nSPS) is 21.0. The molecule has 2 aromatic heterocycles. The van der Waals surface area contributed by atoms with Gasteiger partial charge in [-0.3, -0.25) is 5.10 Å². The number of hydrogen-bond acceptors (Lipinski definition) is 7. The van der Waals surface area contributed by atoms with Crippen molar-refractivity contribution >= 4 is 5.95 Å². The molecule has 11 heteroatoms. The molecule has 3 heterocycles. The first-order valence-corrected chi connectivity index (χ1v) is 7.20. The molecule has 3 rings (SSSR count). The fourth-order valence-corrected chi connectivity index (χ4v) is 2.39. The minimum Gasteiger partial charge on any atom is -0.481 e. The lowest BCUT2D eigenvalue weighted by Gasteiger charge is -2.14. The van der Waals surface area contributed by atoms with E-state index in [1.54, 1.807) is 0 Å². The number of hydrogen-bond donors (Lipinski definition) is 2. The molecule has 1 fully saturated rings. The minimum atomic E-state index is -4.58. The van der Waals surface area contributed by atoms with Gasteiger partial charge in [0, 0.05) is 12.6 Å². The highest BCUT2D eigenvalue weighted by Gasteiger charge is 2.34. The number of aromatic nitrogens is 5. The van der Waals surface area contributed by atoms with E-state index in [4.69, 9.17) is 9.47 Å². The van der Waals surface area contributed by atoms with E-state index in [0.717, 1.165) is 18.9 Å². The third-order valence-electron chi connectivity index (χ3n) is 3.54. The van der Waals surface area contributed by atoms with E-state index in [9.17, 15) is 13.2 Å². The Morgan fingerprint density at radius 1 is 1.38 bits per heavy atom. The second kappa shape index (κ2) is 6.59. The maximum absolute atomic E-state index is 12.8. The van der Waals surface area contributed by atoms with Crippen LogP contribution in [0.25, 0.3) is 0 Å². The molecule has 0 aromatic carbocycles. The summed E-state index contributed by atoms with van der Waals surface area (Å²) >= 11 is 0. The summed E-state index contributed by atoms with van der Waals surface area (Å²) < 4.78 is 49.0. The monoisotopic (exact) mass is 344 g/mol. The fourth-order valence-electron chi connectivity index (χ4n) is 2.39. The summed E-state index contributed by atoms with van der Waals surface area (Å²) in [5, 5.41) is 9.27. The van der Waals surface area contributed by atoms with E-state index in [1.807, 2.05) is 0 Å². The van der Waals surface area contributed by atoms with Gasteiger partial charge in [0.1, 0.15) is 12.4 Å². The molecule has 0 radical (unpaired) electrons. The minimum absolute atomic E-state index is 0.159. The standard InChI is InChI=1S/C13H15F3N6O2/c1-23-10-4-9(13(14,15)16)20-12(21-10)17-5-7-2-3-8(24-7)11-18-6-19-22-11/h4,6-8H,2-3,5H2,1H3,(H,17,20,21)(H,18,19,22)/t7-,8+/m0/s1. The van der Waals surface area contributed by atoms with Gasteiger partial charge in [0.05, 0.1) is 13.2 Å². The van der Waals surface area contributed by atoms with Crippen molar-refractivity contribution in [1.29, 1.82) is 0 Å². The van der Waals surface area contributed by atoms with Crippen molar-refractivity contribution in [1.82, 2.24) is 25.1 Å². The molecule has 1 saturated heterocycles. The van der Waals surface area contributed by atoms with Crippen LogP contribution in [-0.4, -0.2) is 44.9 Å². The van der Waals surface area contributed by atoms with Gasteiger partial charge in [-0.25, -0.2) is 9.97 Å². The summed E-state index contributed by atoms with van der Waals surface area (Å²) in [5.74, 6) is 0.314. The number of alkyl halides is 3. The van der Waals surface area contributed by atoms with Crippen molar-refractivity contribution in [2.45, 2.75) is 31.2 Å². The Morgan fingerprint density at radius 2 is 2.21 bits per heavy atom. The smallest absolute Gasteiger partial charge is 0.433 e. The van der Waals surface area contributed by atoms with E-state index in [0.29, 0.717) is 5.82 Å². The van der Waals surface area contributed by atoms with Crippen LogP contribution in [0.2, 0.25) is 0 Å². The molecule has 130 valence electrons. The van der Waals surface area contributed by atoms with Crippen LogP contribution >= 0.6 is 0 Å². The summed E-state index contributed by atoms with van der Waals surface area (Å²) in [5.41, 5.74) is -1.07. The largest absolute Gasteiger partial charge is 0.481 e. The third kappa shape index (κ3) is 3.72. The van der Waals surface area contributed by atoms with Crippen LogP contribution < -0.4 is 10.1 Å². The molecule has 0 unspecified atom stereocenters. The number of H-pyrrole nitrogens is 1. The van der Waals surface area contributed by atoms with Crippen molar-refractivity contribution in [3.8, 4) is 5.88 Å². The van der Waals surface area contributed by atoms with Crippen molar-refractivity contribution in [2.75, 3.05) is 19.0 Å². The predicted molar refractivity (Wildman–Crippen MR) is 75.3 cm³/mol. The van der Waals surface area contributed by atoms with Gasteiger partial charge in [-0.1, -0.05) is 0 Å². The number of methoxy groups -OCH3 is 1. The van der Waals surface area contributed by atoms with Crippen LogP contribution in [0.15, 0.2) is 12.4 Å². The van der Waals surface area contributed by atoms with E-state index >= 15 is 0 Å². The van der Waals surface area contributed by atoms with Crippen molar-refractivity contribution in [3.05, 3.63) is 23.9 Å². The number of nitrogens with one attached hydrogen (secondary N) is 2. The first-order valence-electron chi connectivity index (χ1n) is 7.20. The quantitative estimate of drug-likeness (QED) is 0.855. The summed E-state index contributed by atoms with van der Waals surface area (Å²) in [6.07, 6.45) is -2.09. The summed E-state index contributed by atoms with van der Waals surface area (Å²) in [7, 11) is 1.24. The van der Waals surface area contributed by atoms with Gasteiger partial charge < -0.3 is 14.8 Å². The van der Waals surface area contributed by atoms with Crippen molar-refractivity contribution in [3.63, 3.8) is 0 Å².